The van der Waals surface area contributed by atoms with Crippen LogP contribution in [0.15, 0.2) is 42.5 Å². The Morgan fingerprint density at radius 1 is 1.17 bits per heavy atom. The third-order valence-corrected chi connectivity index (χ3v) is 4.39. The van der Waals surface area contributed by atoms with E-state index in [9.17, 15) is 9.65 Å². The molecule has 0 aromatic heterocycles. The van der Waals surface area contributed by atoms with Gasteiger partial charge in [-0.05, 0) is 66.9 Å². The first-order valence-electron chi connectivity index (χ1n) is 8.38. The normalized spacial score (nSPS) is 19.0. The van der Waals surface area contributed by atoms with Gasteiger partial charge in [0.1, 0.15) is 11.9 Å². The summed E-state index contributed by atoms with van der Waals surface area (Å²) in [5.74, 6) is -0.251. The molecule has 1 aliphatic heterocycles. The summed E-state index contributed by atoms with van der Waals surface area (Å²) in [7, 11) is 0. The fourth-order valence-electron chi connectivity index (χ4n) is 3.18. The predicted octanol–water partition coefficient (Wildman–Crippen LogP) is 4.25. The summed E-state index contributed by atoms with van der Waals surface area (Å²) < 4.78 is 19.5. The third kappa shape index (κ3) is 3.48. The van der Waals surface area contributed by atoms with Gasteiger partial charge in [-0.15, -0.1) is 0 Å². The summed E-state index contributed by atoms with van der Waals surface area (Å²) in [4.78, 5) is 0. The lowest BCUT2D eigenvalue weighted by atomic mass is 9.94. The van der Waals surface area contributed by atoms with Crippen molar-refractivity contribution in [2.45, 2.75) is 32.0 Å². The predicted molar refractivity (Wildman–Crippen MR) is 91.0 cm³/mol. The minimum atomic E-state index is -0.251. The molecule has 0 saturated carbocycles. The van der Waals surface area contributed by atoms with Crippen LogP contribution in [0.4, 0.5) is 4.39 Å². The van der Waals surface area contributed by atoms with E-state index in [1.54, 1.807) is 12.1 Å². The molecule has 0 fully saturated rings. The molecule has 124 valence electrons. The summed E-state index contributed by atoms with van der Waals surface area (Å²) in [5, 5.41) is 12.5. The van der Waals surface area contributed by atoms with Crippen molar-refractivity contribution in [2.24, 2.45) is 0 Å². The Labute approximate surface area is 142 Å². The number of rotatable bonds is 6. The minimum absolute atomic E-state index is 0.0259. The van der Waals surface area contributed by atoms with Crippen LogP contribution in [0, 0.1) is 17.1 Å². The Morgan fingerprint density at radius 2 is 1.96 bits per heavy atom. The zero-order chi connectivity index (χ0) is 16.9. The van der Waals surface area contributed by atoms with Crippen molar-refractivity contribution in [3.05, 3.63) is 70.5 Å². The fourth-order valence-corrected chi connectivity index (χ4v) is 3.18. The quantitative estimate of drug-likeness (QED) is 0.808. The van der Waals surface area contributed by atoms with Gasteiger partial charge in [0.05, 0.1) is 17.7 Å². The highest BCUT2D eigenvalue weighted by Crippen LogP contribution is 2.44. The number of nitriles is 1. The van der Waals surface area contributed by atoms with Crippen LogP contribution in [-0.4, -0.2) is 13.1 Å². The number of fused-ring (bicyclic) bond motifs is 1. The number of nitrogens with one attached hydrogen (secondary N) is 1. The van der Waals surface area contributed by atoms with Crippen molar-refractivity contribution < 1.29 is 9.13 Å². The van der Waals surface area contributed by atoms with E-state index < -0.39 is 0 Å². The number of hydrogen-bond donors (Lipinski definition) is 1. The summed E-state index contributed by atoms with van der Waals surface area (Å²) >= 11 is 0. The summed E-state index contributed by atoms with van der Waals surface area (Å²) in [6.07, 6.45) is 1.68. The molecule has 3 rings (SSSR count). The summed E-state index contributed by atoms with van der Waals surface area (Å²) in [6.45, 7) is 3.99. The number of hydrogen-bond acceptors (Lipinski definition) is 3. The minimum Gasteiger partial charge on any atom is -0.361 e. The Kier molecular flexibility index (Phi) is 5.24. The standard InChI is InChI=1S/C20H21FN2O/c1-2-23-11-3-4-19-18-12-14(13-22)5-10-17(18)20(24-19)15-6-8-16(21)9-7-15/h5-10,12,19-20,23H,2-4,11H2,1H3. The van der Waals surface area contributed by atoms with Gasteiger partial charge in [-0.2, -0.15) is 5.26 Å². The summed E-state index contributed by atoms with van der Waals surface area (Å²) in [6, 6.07) is 14.4. The monoisotopic (exact) mass is 324 g/mol. The maximum atomic E-state index is 13.2. The fraction of sp³-hybridized carbons (Fsp3) is 0.350. The molecule has 4 heteroatoms. The average molecular weight is 324 g/mol. The van der Waals surface area contributed by atoms with Crippen molar-refractivity contribution in [3.63, 3.8) is 0 Å². The zero-order valence-corrected chi connectivity index (χ0v) is 13.8. The van der Waals surface area contributed by atoms with Gasteiger partial charge in [-0.1, -0.05) is 25.1 Å². The largest absolute Gasteiger partial charge is 0.361 e. The maximum absolute atomic E-state index is 13.2. The van der Waals surface area contributed by atoms with Gasteiger partial charge >= 0.3 is 0 Å². The van der Waals surface area contributed by atoms with Crippen LogP contribution in [0.3, 0.4) is 0 Å². The molecule has 1 N–H and O–H groups in total. The second kappa shape index (κ2) is 7.57. The zero-order valence-electron chi connectivity index (χ0n) is 13.8. The lowest BCUT2D eigenvalue weighted by Gasteiger charge is -2.15. The Balaban J connectivity index is 1.86. The Morgan fingerprint density at radius 3 is 2.67 bits per heavy atom. The molecular formula is C20H21FN2O. The van der Waals surface area contributed by atoms with Gasteiger partial charge in [0.2, 0.25) is 0 Å². The van der Waals surface area contributed by atoms with E-state index in [-0.39, 0.29) is 18.0 Å². The number of ether oxygens (including phenoxy) is 1. The molecule has 1 heterocycles. The number of halogens is 1. The topological polar surface area (TPSA) is 45.0 Å². The highest BCUT2D eigenvalue weighted by molar-refractivity contribution is 5.45. The van der Waals surface area contributed by atoms with Crippen LogP contribution in [0.5, 0.6) is 0 Å². The molecule has 3 nitrogen and oxygen atoms in total. The second-order valence-electron chi connectivity index (χ2n) is 6.01. The molecule has 24 heavy (non-hydrogen) atoms. The van der Waals surface area contributed by atoms with Crippen LogP contribution >= 0.6 is 0 Å². The van der Waals surface area contributed by atoms with E-state index in [1.807, 2.05) is 18.2 Å². The van der Waals surface area contributed by atoms with Crippen molar-refractivity contribution >= 4 is 0 Å². The van der Waals surface area contributed by atoms with Crippen molar-refractivity contribution in [3.8, 4) is 6.07 Å². The van der Waals surface area contributed by atoms with E-state index in [1.165, 1.54) is 12.1 Å². The molecule has 0 saturated heterocycles. The lowest BCUT2D eigenvalue weighted by Crippen LogP contribution is -2.14. The van der Waals surface area contributed by atoms with Crippen LogP contribution < -0.4 is 5.32 Å². The summed E-state index contributed by atoms with van der Waals surface area (Å²) in [5.41, 5.74) is 3.75. The molecule has 0 spiro atoms. The molecule has 2 atom stereocenters. The van der Waals surface area contributed by atoms with Crippen LogP contribution in [-0.2, 0) is 4.74 Å². The van der Waals surface area contributed by atoms with E-state index in [0.717, 1.165) is 42.6 Å². The van der Waals surface area contributed by atoms with Crippen LogP contribution in [0.25, 0.3) is 0 Å². The molecule has 2 aromatic rings. The first kappa shape index (κ1) is 16.6. The van der Waals surface area contributed by atoms with Gasteiger partial charge in [-0.25, -0.2) is 4.39 Å². The maximum Gasteiger partial charge on any atom is 0.123 e. The highest BCUT2D eigenvalue weighted by atomic mass is 19.1. The first-order chi connectivity index (χ1) is 11.7. The van der Waals surface area contributed by atoms with E-state index >= 15 is 0 Å². The molecule has 0 amide bonds. The molecule has 0 radical (unpaired) electrons. The molecule has 2 unspecified atom stereocenters. The number of benzene rings is 2. The van der Waals surface area contributed by atoms with Crippen molar-refractivity contribution in [1.29, 1.82) is 5.26 Å². The molecule has 0 aliphatic carbocycles. The second-order valence-corrected chi connectivity index (χ2v) is 6.01. The van der Waals surface area contributed by atoms with Gasteiger partial charge < -0.3 is 10.1 Å². The smallest absolute Gasteiger partial charge is 0.123 e. The van der Waals surface area contributed by atoms with E-state index in [4.69, 9.17) is 4.74 Å². The van der Waals surface area contributed by atoms with Crippen molar-refractivity contribution in [2.75, 3.05) is 13.1 Å². The molecule has 1 aliphatic rings. The van der Waals surface area contributed by atoms with Crippen LogP contribution in [0.1, 0.15) is 54.2 Å². The molecular weight excluding hydrogens is 303 g/mol. The number of nitrogens with zero attached hydrogens (tertiary/aromatic N) is 1. The molecule has 0 bridgehead atoms. The van der Waals surface area contributed by atoms with Gasteiger partial charge in [-0.3, -0.25) is 0 Å². The van der Waals surface area contributed by atoms with E-state index in [2.05, 4.69) is 18.3 Å². The Hall–Kier alpha value is -2.22. The van der Waals surface area contributed by atoms with E-state index in [0.29, 0.717) is 5.56 Å². The lowest BCUT2D eigenvalue weighted by molar-refractivity contribution is 0.0274. The van der Waals surface area contributed by atoms with Gasteiger partial charge in [0, 0.05) is 0 Å². The average Bonchev–Trinajstić information content (AvgIpc) is 2.97. The van der Waals surface area contributed by atoms with Crippen LogP contribution in [0.2, 0.25) is 0 Å². The van der Waals surface area contributed by atoms with Gasteiger partial charge in [0.25, 0.3) is 0 Å². The highest BCUT2D eigenvalue weighted by Gasteiger charge is 2.32. The Bertz CT molecular complexity index is 736. The molecule has 2 aromatic carbocycles. The first-order valence-corrected chi connectivity index (χ1v) is 8.38. The third-order valence-electron chi connectivity index (χ3n) is 4.39. The van der Waals surface area contributed by atoms with Gasteiger partial charge in [0.15, 0.2) is 0 Å². The SMILES string of the molecule is CCNCCCC1OC(c2ccc(F)cc2)c2ccc(C#N)cc21. The van der Waals surface area contributed by atoms with Crippen molar-refractivity contribution in [1.82, 2.24) is 5.32 Å².